The molecule has 4 N–H and O–H groups in total. The fraction of sp³-hybridized carbons (Fsp3) is 0.438. The molecule has 5 rings (SSSR count). The first-order valence-electron chi connectivity index (χ1n) is 15.9. The van der Waals surface area contributed by atoms with Crippen LogP contribution < -0.4 is 20.1 Å². The summed E-state index contributed by atoms with van der Waals surface area (Å²) in [5.74, 6) is -0.428. The second-order valence-electron chi connectivity index (χ2n) is 12.5. The van der Waals surface area contributed by atoms with Crippen LogP contribution in [-0.2, 0) is 33.4 Å². The van der Waals surface area contributed by atoms with Crippen LogP contribution in [0, 0.1) is 12.3 Å². The van der Waals surface area contributed by atoms with Crippen molar-refractivity contribution in [1.82, 2.24) is 29.3 Å². The topological polar surface area (TPSA) is 199 Å². The molecule has 3 heterocycles. The predicted molar refractivity (Wildman–Crippen MR) is 182 cm³/mol. The first kappa shape index (κ1) is 37.3. The minimum atomic E-state index is -4.37. The molecule has 2 aromatic carbocycles. The van der Waals surface area contributed by atoms with Gasteiger partial charge in [0.1, 0.15) is 23.6 Å². The standard InChI is InChI=1S/C32H41FN7O8PS/c1-20(2)46-31(41)22(4)39-49(42,48-23-9-7-6-8-10-23)45-17-25-32(5,15-16-38-50(43,44)24-13-11-21(3)12-14-24)27(33)30(47-25)40-19-37-26-28(34)35-18-36-29(26)40/h6-14,18-20,22,25,27,30,38H,15-17H2,1-5H3,(H,39,42)(H2,34,35,36)/t22-,25+,27?,30+,32?,49?/m0/s1. The average molecular weight is 734 g/mol. The average Bonchev–Trinajstić information content (AvgIpc) is 3.59. The number of esters is 1. The minimum Gasteiger partial charge on any atom is -0.462 e. The van der Waals surface area contributed by atoms with E-state index in [0.717, 1.165) is 5.56 Å². The molecule has 50 heavy (non-hydrogen) atoms. The van der Waals surface area contributed by atoms with Gasteiger partial charge in [0.25, 0.3) is 0 Å². The highest BCUT2D eigenvalue weighted by molar-refractivity contribution is 7.89. The molecule has 1 saturated heterocycles. The zero-order valence-electron chi connectivity index (χ0n) is 28.2. The summed E-state index contributed by atoms with van der Waals surface area (Å²) in [5, 5.41) is 2.61. The Hall–Kier alpha value is -3.99. The second-order valence-corrected chi connectivity index (χ2v) is 16.0. The molecule has 1 aliphatic heterocycles. The fourth-order valence-electron chi connectivity index (χ4n) is 5.44. The molecule has 1 aliphatic rings. The minimum absolute atomic E-state index is 0.0582. The molecule has 6 atom stereocenters. The van der Waals surface area contributed by atoms with E-state index >= 15 is 4.39 Å². The van der Waals surface area contributed by atoms with Crippen LogP contribution in [0.3, 0.4) is 0 Å². The Morgan fingerprint density at radius 1 is 1.12 bits per heavy atom. The molecule has 0 amide bonds. The number of para-hydroxylation sites is 1. The molecule has 18 heteroatoms. The predicted octanol–water partition coefficient (Wildman–Crippen LogP) is 4.46. The Balaban J connectivity index is 1.42. The normalized spacial score (nSPS) is 22.7. The quantitative estimate of drug-likeness (QED) is 0.114. The van der Waals surface area contributed by atoms with Crippen LogP contribution in [0.5, 0.6) is 5.75 Å². The Morgan fingerprint density at radius 2 is 1.82 bits per heavy atom. The number of nitrogens with zero attached hydrogens (tertiary/aromatic N) is 4. The molecule has 4 aromatic rings. The lowest BCUT2D eigenvalue weighted by Crippen LogP contribution is -2.42. The van der Waals surface area contributed by atoms with E-state index in [9.17, 15) is 17.8 Å². The highest BCUT2D eigenvalue weighted by Crippen LogP contribution is 2.51. The van der Waals surface area contributed by atoms with Gasteiger partial charge in [0.05, 0.1) is 30.0 Å². The van der Waals surface area contributed by atoms with Crippen molar-refractivity contribution >= 4 is 40.7 Å². The molecule has 0 bridgehead atoms. The van der Waals surface area contributed by atoms with Crippen LogP contribution in [0.15, 0.2) is 72.1 Å². The number of carbonyl (C=O) groups is 1. The van der Waals surface area contributed by atoms with Crippen LogP contribution in [0.1, 0.15) is 45.9 Å². The summed E-state index contributed by atoms with van der Waals surface area (Å²) in [6.07, 6.45) is -2.19. The lowest BCUT2D eigenvalue weighted by Gasteiger charge is -2.32. The molecule has 15 nitrogen and oxygen atoms in total. The number of aryl methyl sites for hydroxylation is 1. The number of benzene rings is 2. The van der Waals surface area contributed by atoms with Crippen molar-refractivity contribution in [2.75, 3.05) is 18.9 Å². The van der Waals surface area contributed by atoms with Crippen molar-refractivity contribution < 1.29 is 40.7 Å². The van der Waals surface area contributed by atoms with Gasteiger partial charge in [0.2, 0.25) is 10.0 Å². The second kappa shape index (κ2) is 15.1. The third-order valence-electron chi connectivity index (χ3n) is 8.29. The maximum Gasteiger partial charge on any atom is 0.459 e. The number of fused-ring (bicyclic) bond motifs is 1. The highest BCUT2D eigenvalue weighted by Gasteiger charge is 2.56. The number of ether oxygens (including phenoxy) is 2. The van der Waals surface area contributed by atoms with Gasteiger partial charge < -0.3 is 19.7 Å². The number of imidazole rings is 1. The number of hydrogen-bond donors (Lipinski definition) is 3. The number of anilines is 1. The fourth-order valence-corrected chi connectivity index (χ4v) is 7.97. The number of aromatic nitrogens is 4. The van der Waals surface area contributed by atoms with Gasteiger partial charge >= 0.3 is 13.7 Å². The van der Waals surface area contributed by atoms with Crippen LogP contribution in [0.4, 0.5) is 10.2 Å². The van der Waals surface area contributed by atoms with Gasteiger partial charge in [-0.25, -0.2) is 37.0 Å². The number of hydrogen-bond acceptors (Lipinski definition) is 12. The van der Waals surface area contributed by atoms with Crippen molar-refractivity contribution in [3.63, 3.8) is 0 Å². The van der Waals surface area contributed by atoms with Gasteiger partial charge in [-0.2, -0.15) is 5.09 Å². The van der Waals surface area contributed by atoms with Crippen LogP contribution in [0.25, 0.3) is 11.2 Å². The summed E-state index contributed by atoms with van der Waals surface area (Å²) in [6, 6.07) is 13.4. The van der Waals surface area contributed by atoms with Crippen molar-refractivity contribution in [1.29, 1.82) is 0 Å². The maximum absolute atomic E-state index is 16.8. The number of alkyl halides is 1. The molecule has 2 aromatic heterocycles. The van der Waals surface area contributed by atoms with Gasteiger partial charge in [-0.05, 0) is 58.4 Å². The lowest BCUT2D eigenvalue weighted by molar-refractivity contribution is -0.149. The van der Waals surface area contributed by atoms with E-state index in [1.54, 1.807) is 63.2 Å². The zero-order valence-corrected chi connectivity index (χ0v) is 29.9. The Labute approximate surface area is 289 Å². The van der Waals surface area contributed by atoms with E-state index in [4.69, 9.17) is 24.3 Å². The first-order valence-corrected chi connectivity index (χ1v) is 18.9. The van der Waals surface area contributed by atoms with E-state index in [-0.39, 0.29) is 40.6 Å². The van der Waals surface area contributed by atoms with E-state index in [0.29, 0.717) is 0 Å². The summed E-state index contributed by atoms with van der Waals surface area (Å²) in [7, 11) is -8.30. The summed E-state index contributed by atoms with van der Waals surface area (Å²) < 4.78 is 84.3. The number of halogens is 1. The van der Waals surface area contributed by atoms with Crippen LogP contribution in [0.2, 0.25) is 0 Å². The SMILES string of the molecule is Cc1ccc(S(=O)(=O)NCCC2(C)C(F)[C@H](n3cnc4c(N)ncnc43)O[C@@H]2COP(=O)(N[C@@H](C)C(=O)OC(C)C)Oc2ccccc2)cc1. The smallest absolute Gasteiger partial charge is 0.459 e. The van der Waals surface area contributed by atoms with Crippen molar-refractivity contribution in [3.8, 4) is 5.75 Å². The first-order chi connectivity index (χ1) is 23.6. The van der Waals surface area contributed by atoms with E-state index in [1.807, 2.05) is 6.92 Å². The number of rotatable bonds is 15. The summed E-state index contributed by atoms with van der Waals surface area (Å²) in [4.78, 5) is 25.1. The number of nitrogens with one attached hydrogen (secondary N) is 2. The lowest BCUT2D eigenvalue weighted by atomic mass is 9.78. The van der Waals surface area contributed by atoms with Crippen LogP contribution in [-0.4, -0.2) is 71.5 Å². The van der Waals surface area contributed by atoms with Gasteiger partial charge in [0, 0.05) is 12.0 Å². The molecule has 1 fully saturated rings. The Morgan fingerprint density at radius 3 is 2.50 bits per heavy atom. The molecule has 0 saturated carbocycles. The molecule has 0 radical (unpaired) electrons. The number of carbonyl (C=O) groups excluding carboxylic acids is 1. The van der Waals surface area contributed by atoms with Gasteiger partial charge in [0.15, 0.2) is 23.9 Å². The molecular weight excluding hydrogens is 692 g/mol. The zero-order chi connectivity index (χ0) is 36.3. The van der Waals surface area contributed by atoms with Gasteiger partial charge in [-0.1, -0.05) is 42.8 Å². The van der Waals surface area contributed by atoms with Crippen molar-refractivity contribution in [3.05, 3.63) is 72.8 Å². The third-order valence-corrected chi connectivity index (χ3v) is 11.4. The van der Waals surface area contributed by atoms with E-state index < -0.39 is 66.4 Å². The monoisotopic (exact) mass is 733 g/mol. The van der Waals surface area contributed by atoms with E-state index in [2.05, 4.69) is 24.8 Å². The number of sulfonamides is 1. The molecule has 0 aliphatic carbocycles. The number of nitrogen functional groups attached to an aromatic ring is 1. The largest absolute Gasteiger partial charge is 0.462 e. The molecule has 3 unspecified atom stereocenters. The third kappa shape index (κ3) is 8.30. The summed E-state index contributed by atoms with van der Waals surface area (Å²) >= 11 is 0. The van der Waals surface area contributed by atoms with Crippen molar-refractivity contribution in [2.45, 2.75) is 76.6 Å². The van der Waals surface area contributed by atoms with Crippen LogP contribution >= 0.6 is 7.75 Å². The molecular formula is C32H41FN7O8PS. The summed E-state index contributed by atoms with van der Waals surface area (Å²) in [5.41, 5.74) is 5.87. The number of nitrogens with two attached hydrogens (primary N) is 1. The maximum atomic E-state index is 16.8. The Kier molecular flexibility index (Phi) is 11.2. The molecule has 0 spiro atoms. The Bertz CT molecular complexity index is 1950. The van der Waals surface area contributed by atoms with Crippen molar-refractivity contribution in [2.24, 2.45) is 5.41 Å². The van der Waals surface area contributed by atoms with Gasteiger partial charge in [-0.15, -0.1) is 0 Å². The summed E-state index contributed by atoms with van der Waals surface area (Å²) in [6.45, 7) is 7.54. The van der Waals surface area contributed by atoms with Gasteiger partial charge in [-0.3, -0.25) is 13.9 Å². The molecule has 270 valence electrons. The van der Waals surface area contributed by atoms with E-state index in [1.165, 1.54) is 36.3 Å². The highest BCUT2D eigenvalue weighted by atomic mass is 32.2.